The summed E-state index contributed by atoms with van der Waals surface area (Å²) in [6, 6.07) is 4.74. The van der Waals surface area contributed by atoms with Crippen molar-refractivity contribution in [2.45, 2.75) is 57.7 Å². The Balaban J connectivity index is 1.77. The molecule has 0 aromatic heterocycles. The van der Waals surface area contributed by atoms with Crippen LogP contribution in [0.5, 0.6) is 5.75 Å². The van der Waals surface area contributed by atoms with Gasteiger partial charge in [0, 0.05) is 61.2 Å². The van der Waals surface area contributed by atoms with E-state index in [1.54, 1.807) is 6.92 Å². The molecule has 1 saturated heterocycles. The fourth-order valence-electron chi connectivity index (χ4n) is 3.81. The van der Waals surface area contributed by atoms with Gasteiger partial charge in [0.2, 0.25) is 5.91 Å². The van der Waals surface area contributed by atoms with E-state index in [-0.39, 0.29) is 18.1 Å². The summed E-state index contributed by atoms with van der Waals surface area (Å²) in [6.45, 7) is 5.38. The first-order valence-electron chi connectivity index (χ1n) is 9.88. The van der Waals surface area contributed by atoms with E-state index in [4.69, 9.17) is 10.1 Å². The van der Waals surface area contributed by atoms with Crippen LogP contribution in [0.3, 0.4) is 0 Å². The molecule has 4 rings (SSSR count). The number of benzene rings is 1. The zero-order chi connectivity index (χ0) is 19.0. The SMILES string of the molecule is CC(=O)N1c2ccc(/C(C=N)=C/NC3CC3)c(OC3CNC3)c2CCC1C. The van der Waals surface area contributed by atoms with Crippen LogP contribution in [0.15, 0.2) is 18.3 Å². The van der Waals surface area contributed by atoms with Crippen molar-refractivity contribution in [2.24, 2.45) is 0 Å². The Morgan fingerprint density at radius 1 is 1.33 bits per heavy atom. The summed E-state index contributed by atoms with van der Waals surface area (Å²) in [5.74, 6) is 0.898. The fourth-order valence-corrected chi connectivity index (χ4v) is 3.81. The number of allylic oxidation sites excluding steroid dienone is 1. The Labute approximate surface area is 160 Å². The Kier molecular flexibility index (Phi) is 4.91. The molecule has 1 unspecified atom stereocenters. The van der Waals surface area contributed by atoms with Gasteiger partial charge in [0.1, 0.15) is 11.9 Å². The Bertz CT molecular complexity index is 781. The van der Waals surface area contributed by atoms with E-state index in [0.29, 0.717) is 6.04 Å². The van der Waals surface area contributed by atoms with Gasteiger partial charge in [-0.05, 0) is 44.7 Å². The molecule has 3 aliphatic rings. The highest BCUT2D eigenvalue weighted by atomic mass is 16.5. The van der Waals surface area contributed by atoms with Crippen LogP contribution in [0.1, 0.15) is 44.2 Å². The lowest BCUT2D eigenvalue weighted by Crippen LogP contribution is -2.50. The van der Waals surface area contributed by atoms with Gasteiger partial charge in [0.25, 0.3) is 0 Å². The van der Waals surface area contributed by atoms with Crippen LogP contribution in [0.2, 0.25) is 0 Å². The van der Waals surface area contributed by atoms with Crippen LogP contribution >= 0.6 is 0 Å². The highest BCUT2D eigenvalue weighted by molar-refractivity contribution is 6.10. The molecule has 2 fully saturated rings. The third-order valence-corrected chi connectivity index (χ3v) is 5.63. The average molecular weight is 368 g/mol. The summed E-state index contributed by atoms with van der Waals surface area (Å²) in [6.07, 6.45) is 7.64. The Morgan fingerprint density at radius 2 is 2.11 bits per heavy atom. The molecule has 2 heterocycles. The molecule has 2 aliphatic heterocycles. The maximum Gasteiger partial charge on any atom is 0.224 e. The van der Waals surface area contributed by atoms with Gasteiger partial charge in [-0.15, -0.1) is 0 Å². The second-order valence-electron chi connectivity index (χ2n) is 7.80. The number of ether oxygens (including phenoxy) is 1. The topological polar surface area (TPSA) is 77.5 Å². The van der Waals surface area contributed by atoms with Crippen molar-refractivity contribution in [3.63, 3.8) is 0 Å². The van der Waals surface area contributed by atoms with Gasteiger partial charge >= 0.3 is 0 Å². The van der Waals surface area contributed by atoms with Crippen LogP contribution in [0.25, 0.3) is 5.57 Å². The second-order valence-corrected chi connectivity index (χ2v) is 7.80. The molecule has 1 saturated carbocycles. The maximum absolute atomic E-state index is 12.2. The standard InChI is InChI=1S/C21H28N4O2/c1-13-3-6-19-20(25(13)14(2)26)8-7-18(21(19)27-17-11-23-12-17)15(9-22)10-24-16-4-5-16/h7-10,13,16-17,22-24H,3-6,11-12H2,1-2H3/b15-10+,22-9?. The molecule has 3 N–H and O–H groups in total. The van der Waals surface area contributed by atoms with Gasteiger partial charge in [0.05, 0.1) is 5.69 Å². The van der Waals surface area contributed by atoms with Crippen molar-refractivity contribution >= 4 is 23.4 Å². The van der Waals surface area contributed by atoms with Crippen molar-refractivity contribution in [1.29, 1.82) is 5.41 Å². The number of rotatable bonds is 6. The number of nitrogens with one attached hydrogen (secondary N) is 3. The zero-order valence-electron chi connectivity index (χ0n) is 16.0. The van der Waals surface area contributed by atoms with Crippen molar-refractivity contribution < 1.29 is 9.53 Å². The molecule has 0 spiro atoms. The molecule has 27 heavy (non-hydrogen) atoms. The predicted molar refractivity (Wildman–Crippen MR) is 108 cm³/mol. The van der Waals surface area contributed by atoms with Crippen molar-refractivity contribution in [1.82, 2.24) is 10.6 Å². The molecule has 6 heteroatoms. The van der Waals surface area contributed by atoms with Crippen LogP contribution in [-0.2, 0) is 11.2 Å². The number of hydrogen-bond acceptors (Lipinski definition) is 5. The first-order chi connectivity index (χ1) is 13.1. The largest absolute Gasteiger partial charge is 0.487 e. The molecule has 144 valence electrons. The first-order valence-corrected chi connectivity index (χ1v) is 9.88. The first kappa shape index (κ1) is 18.0. The highest BCUT2D eigenvalue weighted by Crippen LogP contribution is 2.41. The molecule has 1 aromatic carbocycles. The van der Waals surface area contributed by atoms with Gasteiger partial charge in [-0.1, -0.05) is 0 Å². The number of nitrogens with zero attached hydrogens (tertiary/aromatic N) is 1. The minimum Gasteiger partial charge on any atom is -0.487 e. The summed E-state index contributed by atoms with van der Waals surface area (Å²) in [5, 5.41) is 14.5. The third-order valence-electron chi connectivity index (χ3n) is 5.63. The Morgan fingerprint density at radius 3 is 2.70 bits per heavy atom. The van der Waals surface area contributed by atoms with E-state index in [2.05, 4.69) is 17.6 Å². The van der Waals surface area contributed by atoms with Gasteiger partial charge < -0.3 is 25.7 Å². The van der Waals surface area contributed by atoms with Gasteiger partial charge in [-0.3, -0.25) is 4.79 Å². The minimum atomic E-state index is 0.0608. The summed E-state index contributed by atoms with van der Waals surface area (Å²) in [5.41, 5.74) is 3.79. The molecular weight excluding hydrogens is 340 g/mol. The third kappa shape index (κ3) is 3.58. The number of anilines is 1. The number of fused-ring (bicyclic) bond motifs is 1. The molecule has 6 nitrogen and oxygen atoms in total. The fraction of sp³-hybridized carbons (Fsp3) is 0.524. The molecule has 0 radical (unpaired) electrons. The van der Waals surface area contributed by atoms with E-state index in [0.717, 1.165) is 54.1 Å². The smallest absolute Gasteiger partial charge is 0.224 e. The molecule has 1 amide bonds. The number of hydrogen-bond donors (Lipinski definition) is 3. The Hall–Kier alpha value is -2.34. The lowest BCUT2D eigenvalue weighted by Gasteiger charge is -2.37. The van der Waals surface area contributed by atoms with E-state index >= 15 is 0 Å². The number of carbonyl (C=O) groups excluding carboxylic acids is 1. The minimum absolute atomic E-state index is 0.0608. The number of amides is 1. The van der Waals surface area contributed by atoms with E-state index in [9.17, 15) is 4.79 Å². The van der Waals surface area contributed by atoms with Crippen LogP contribution in [-0.4, -0.2) is 43.4 Å². The monoisotopic (exact) mass is 368 g/mol. The van der Waals surface area contributed by atoms with Gasteiger partial charge in [0.15, 0.2) is 0 Å². The summed E-state index contributed by atoms with van der Waals surface area (Å²) in [7, 11) is 0. The summed E-state index contributed by atoms with van der Waals surface area (Å²) < 4.78 is 6.38. The number of carbonyl (C=O) groups is 1. The zero-order valence-corrected chi connectivity index (χ0v) is 16.0. The summed E-state index contributed by atoms with van der Waals surface area (Å²) in [4.78, 5) is 14.1. The molecule has 1 aliphatic carbocycles. The molecular formula is C21H28N4O2. The predicted octanol–water partition coefficient (Wildman–Crippen LogP) is 2.47. The van der Waals surface area contributed by atoms with E-state index in [1.165, 1.54) is 19.1 Å². The lowest BCUT2D eigenvalue weighted by atomic mass is 9.91. The maximum atomic E-state index is 12.2. The molecule has 0 bridgehead atoms. The van der Waals surface area contributed by atoms with Gasteiger partial charge in [-0.2, -0.15) is 0 Å². The van der Waals surface area contributed by atoms with Gasteiger partial charge in [-0.25, -0.2) is 0 Å². The van der Waals surface area contributed by atoms with Crippen molar-refractivity contribution in [2.75, 3.05) is 18.0 Å². The quantitative estimate of drug-likeness (QED) is 0.674. The van der Waals surface area contributed by atoms with E-state index < -0.39 is 0 Å². The van der Waals surface area contributed by atoms with Crippen LogP contribution in [0, 0.1) is 5.41 Å². The average Bonchev–Trinajstić information content (AvgIpc) is 3.43. The molecule has 1 atom stereocenters. The summed E-state index contributed by atoms with van der Waals surface area (Å²) >= 11 is 0. The van der Waals surface area contributed by atoms with Crippen molar-refractivity contribution in [3.8, 4) is 5.75 Å². The van der Waals surface area contributed by atoms with E-state index in [1.807, 2.05) is 23.2 Å². The molecule has 1 aromatic rings. The van der Waals surface area contributed by atoms with Crippen molar-refractivity contribution in [3.05, 3.63) is 29.5 Å². The van der Waals surface area contributed by atoms with Crippen LogP contribution in [0.4, 0.5) is 5.69 Å². The highest BCUT2D eigenvalue weighted by Gasteiger charge is 2.31. The second kappa shape index (κ2) is 7.35. The van der Waals surface area contributed by atoms with Crippen LogP contribution < -0.4 is 20.3 Å². The normalized spacial score (nSPS) is 22.7. The lowest BCUT2D eigenvalue weighted by molar-refractivity contribution is -0.117.